The van der Waals surface area contributed by atoms with Crippen molar-refractivity contribution in [3.63, 3.8) is 0 Å². The Bertz CT molecular complexity index is 719. The second-order valence-corrected chi connectivity index (χ2v) is 5.96. The average Bonchev–Trinajstić information content (AvgIpc) is 2.70. The van der Waals surface area contributed by atoms with Gasteiger partial charge in [0.1, 0.15) is 6.61 Å². The topological polar surface area (TPSA) is 91.5 Å². The molecule has 1 rings (SSSR count). The Kier molecular flexibility index (Phi) is 12.4. The predicted octanol–water partition coefficient (Wildman–Crippen LogP) is 4.13. The molecule has 0 aliphatic rings. The van der Waals surface area contributed by atoms with E-state index in [4.69, 9.17) is 15.1 Å². The van der Waals surface area contributed by atoms with Crippen molar-refractivity contribution in [2.75, 3.05) is 13.2 Å². The van der Waals surface area contributed by atoms with Gasteiger partial charge in [-0.1, -0.05) is 53.7 Å². The van der Waals surface area contributed by atoms with Gasteiger partial charge in [-0.15, -0.1) is 0 Å². The van der Waals surface area contributed by atoms with E-state index in [9.17, 15) is 4.79 Å². The number of aliphatic carboxylic acids is 1. The molecule has 0 atom stereocenters. The number of nitrogens with zero attached hydrogens (tertiary/aromatic N) is 2. The molecule has 0 saturated heterocycles. The molecule has 6 nitrogen and oxygen atoms in total. The number of carbonyl (C=O) groups is 1. The Hall–Kier alpha value is -2.99. The molecular weight excluding hydrogens is 356 g/mol. The van der Waals surface area contributed by atoms with Gasteiger partial charge in [-0.05, 0) is 43.4 Å². The molecular formula is C22H28N2O4. The first kappa shape index (κ1) is 23.0. The zero-order valence-electron chi connectivity index (χ0n) is 16.2. The highest BCUT2D eigenvalue weighted by Gasteiger charge is 1.97. The number of aliphatic hydroxyl groups is 1. The minimum Gasteiger partial charge on any atom is -0.481 e. The third-order valence-electron chi connectivity index (χ3n) is 3.63. The van der Waals surface area contributed by atoms with Crippen LogP contribution in [0.15, 0.2) is 76.6 Å². The number of hydrogen-bond acceptors (Lipinski definition) is 5. The van der Waals surface area contributed by atoms with E-state index in [-0.39, 0.29) is 19.6 Å². The number of hydrogen-bond donors (Lipinski definition) is 2. The van der Waals surface area contributed by atoms with Crippen molar-refractivity contribution in [1.29, 1.82) is 0 Å². The van der Waals surface area contributed by atoms with Gasteiger partial charge >= 0.3 is 5.97 Å². The van der Waals surface area contributed by atoms with E-state index in [0.717, 1.165) is 29.7 Å². The Balaban J connectivity index is 2.52. The van der Waals surface area contributed by atoms with E-state index in [0.29, 0.717) is 6.42 Å². The number of carboxylic acids is 1. The third-order valence-corrected chi connectivity index (χ3v) is 3.63. The van der Waals surface area contributed by atoms with Gasteiger partial charge in [0.25, 0.3) is 0 Å². The molecule has 0 amide bonds. The SMILES string of the molecule is C/C(=N\OCC(/C=C/N=C/CCCCC(=O)O)=C/C=C/CO)c1ccccc1. The Labute approximate surface area is 166 Å². The van der Waals surface area contributed by atoms with Gasteiger partial charge in [0.05, 0.1) is 12.3 Å². The predicted molar refractivity (Wildman–Crippen MR) is 113 cm³/mol. The van der Waals surface area contributed by atoms with Crippen LogP contribution in [0.25, 0.3) is 0 Å². The smallest absolute Gasteiger partial charge is 0.303 e. The molecule has 1 aromatic rings. The monoisotopic (exact) mass is 384 g/mol. The van der Waals surface area contributed by atoms with Crippen molar-refractivity contribution in [2.45, 2.75) is 32.6 Å². The molecule has 1 aromatic carbocycles. The van der Waals surface area contributed by atoms with Crippen LogP contribution in [-0.2, 0) is 9.63 Å². The van der Waals surface area contributed by atoms with Crippen LogP contribution >= 0.6 is 0 Å². The molecule has 0 aliphatic carbocycles. The molecule has 2 N–H and O–H groups in total. The van der Waals surface area contributed by atoms with Gasteiger partial charge in [0.15, 0.2) is 0 Å². The summed E-state index contributed by atoms with van der Waals surface area (Å²) in [5, 5.41) is 21.6. The number of carboxylic acid groups (broad SMARTS) is 1. The lowest BCUT2D eigenvalue weighted by molar-refractivity contribution is -0.137. The average molecular weight is 384 g/mol. The van der Waals surface area contributed by atoms with E-state index in [1.54, 1.807) is 24.6 Å². The molecule has 6 heteroatoms. The van der Waals surface area contributed by atoms with E-state index >= 15 is 0 Å². The lowest BCUT2D eigenvalue weighted by Crippen LogP contribution is -1.98. The number of oxime groups is 1. The molecule has 0 saturated carbocycles. The van der Waals surface area contributed by atoms with Crippen LogP contribution in [0, 0.1) is 0 Å². The van der Waals surface area contributed by atoms with Crippen molar-refractivity contribution in [1.82, 2.24) is 0 Å². The van der Waals surface area contributed by atoms with Crippen LogP contribution in [0.4, 0.5) is 0 Å². The van der Waals surface area contributed by atoms with Crippen molar-refractivity contribution >= 4 is 17.9 Å². The second kappa shape index (κ2) is 15.1. The quantitative estimate of drug-likeness (QED) is 0.231. The van der Waals surface area contributed by atoms with Crippen LogP contribution in [0.2, 0.25) is 0 Å². The molecule has 0 spiro atoms. The number of aliphatic imine (C=N–C) groups is 1. The number of allylic oxidation sites excluding steroid dienone is 2. The van der Waals surface area contributed by atoms with E-state index in [2.05, 4.69) is 10.1 Å². The van der Waals surface area contributed by atoms with Crippen LogP contribution in [0.5, 0.6) is 0 Å². The molecule has 0 bridgehead atoms. The molecule has 150 valence electrons. The minimum absolute atomic E-state index is 0.0336. The highest BCUT2D eigenvalue weighted by atomic mass is 16.6. The summed E-state index contributed by atoms with van der Waals surface area (Å²) < 4.78 is 0. The fraction of sp³-hybridized carbons (Fsp3) is 0.318. The van der Waals surface area contributed by atoms with Crippen molar-refractivity contribution in [3.05, 3.63) is 72.0 Å². The summed E-state index contributed by atoms with van der Waals surface area (Å²) in [5.41, 5.74) is 2.63. The van der Waals surface area contributed by atoms with Crippen molar-refractivity contribution in [3.8, 4) is 0 Å². The van der Waals surface area contributed by atoms with Crippen molar-refractivity contribution in [2.24, 2.45) is 10.1 Å². The fourth-order valence-corrected chi connectivity index (χ4v) is 2.13. The van der Waals surface area contributed by atoms with Crippen LogP contribution in [-0.4, -0.2) is 41.3 Å². The van der Waals surface area contributed by atoms with Gasteiger partial charge in [0, 0.05) is 18.8 Å². The largest absolute Gasteiger partial charge is 0.481 e. The first-order chi connectivity index (χ1) is 13.6. The molecule has 28 heavy (non-hydrogen) atoms. The fourth-order valence-electron chi connectivity index (χ4n) is 2.13. The number of rotatable bonds is 13. The van der Waals surface area contributed by atoms with Gasteiger partial charge in [-0.2, -0.15) is 0 Å². The normalized spacial score (nSPS) is 13.1. The highest BCUT2D eigenvalue weighted by molar-refractivity contribution is 5.98. The Morgan fingerprint density at radius 1 is 1.21 bits per heavy atom. The maximum atomic E-state index is 10.4. The summed E-state index contributed by atoms with van der Waals surface area (Å²) in [6, 6.07) is 9.77. The zero-order valence-corrected chi connectivity index (χ0v) is 16.2. The highest BCUT2D eigenvalue weighted by Crippen LogP contribution is 2.04. The van der Waals surface area contributed by atoms with Crippen LogP contribution in [0.1, 0.15) is 38.2 Å². The molecule has 0 fully saturated rings. The van der Waals surface area contributed by atoms with E-state index in [1.165, 1.54) is 0 Å². The zero-order chi connectivity index (χ0) is 20.5. The molecule has 0 aliphatic heterocycles. The van der Waals surface area contributed by atoms with Gasteiger partial charge in [0.2, 0.25) is 0 Å². The summed E-state index contributed by atoms with van der Waals surface area (Å²) in [6.45, 7) is 2.12. The maximum Gasteiger partial charge on any atom is 0.303 e. The standard InChI is InChI=1S/C22H28N2O4/c1-19(21-11-4-2-5-12-21)24-28-18-20(10-7-9-17-25)14-16-23-15-8-3-6-13-22(26)27/h2,4-5,7,9-12,14-16,25H,3,6,8,13,17-18H2,1H3,(H,26,27)/b9-7+,16-14+,20-10+,23-15+,24-19+. The summed E-state index contributed by atoms with van der Waals surface area (Å²) >= 11 is 0. The minimum atomic E-state index is -0.771. The molecule has 0 radical (unpaired) electrons. The number of unbranched alkanes of at least 4 members (excludes halogenated alkanes) is 2. The van der Waals surface area contributed by atoms with Crippen molar-refractivity contribution < 1.29 is 19.8 Å². The first-order valence-corrected chi connectivity index (χ1v) is 9.22. The van der Waals surface area contributed by atoms with E-state index in [1.807, 2.05) is 49.4 Å². The summed E-state index contributed by atoms with van der Waals surface area (Å²) in [4.78, 5) is 20.1. The van der Waals surface area contributed by atoms with Gasteiger partial charge in [-0.3, -0.25) is 9.79 Å². The van der Waals surface area contributed by atoms with Gasteiger partial charge < -0.3 is 15.1 Å². The lowest BCUT2D eigenvalue weighted by Gasteiger charge is -2.03. The third kappa shape index (κ3) is 11.6. The van der Waals surface area contributed by atoms with Crippen LogP contribution in [0.3, 0.4) is 0 Å². The summed E-state index contributed by atoms with van der Waals surface area (Å²) in [6.07, 6.45) is 12.8. The Morgan fingerprint density at radius 2 is 2.00 bits per heavy atom. The van der Waals surface area contributed by atoms with Crippen LogP contribution < -0.4 is 0 Å². The number of aliphatic hydroxyl groups excluding tert-OH is 1. The maximum absolute atomic E-state index is 10.4. The first-order valence-electron chi connectivity index (χ1n) is 9.22. The lowest BCUT2D eigenvalue weighted by atomic mass is 10.1. The summed E-state index contributed by atoms with van der Waals surface area (Å²) in [7, 11) is 0. The van der Waals surface area contributed by atoms with E-state index < -0.39 is 5.97 Å². The second-order valence-electron chi connectivity index (χ2n) is 5.96. The Morgan fingerprint density at radius 3 is 2.71 bits per heavy atom. The number of benzene rings is 1. The molecule has 0 heterocycles. The molecule has 0 aromatic heterocycles. The van der Waals surface area contributed by atoms with Gasteiger partial charge in [-0.25, -0.2) is 0 Å². The summed E-state index contributed by atoms with van der Waals surface area (Å²) in [5.74, 6) is -0.771. The molecule has 0 unspecified atom stereocenters.